The molecule has 0 saturated carbocycles. The van der Waals surface area contributed by atoms with Gasteiger partial charge < -0.3 is 26.0 Å². The first kappa shape index (κ1) is 20.1. The van der Waals surface area contributed by atoms with Gasteiger partial charge in [0.15, 0.2) is 17.0 Å². The molecule has 5 N–H and O–H groups in total. The van der Waals surface area contributed by atoms with Gasteiger partial charge in [0.2, 0.25) is 5.95 Å². The van der Waals surface area contributed by atoms with Crippen LogP contribution in [0.3, 0.4) is 0 Å². The third kappa shape index (κ3) is 4.31. The van der Waals surface area contributed by atoms with Crippen molar-refractivity contribution in [3.05, 3.63) is 6.33 Å². The van der Waals surface area contributed by atoms with Crippen molar-refractivity contribution in [2.24, 2.45) is 5.92 Å². The number of nitrogens with two attached hydrogens (primary N) is 1. The van der Waals surface area contributed by atoms with Gasteiger partial charge in [-0.05, 0) is 6.42 Å². The number of halogens is 3. The highest BCUT2D eigenvalue weighted by molar-refractivity contribution is 5.84. The Labute approximate surface area is 147 Å². The summed E-state index contributed by atoms with van der Waals surface area (Å²) in [5.74, 6) is -0.182. The van der Waals surface area contributed by atoms with Crippen LogP contribution in [0.2, 0.25) is 0 Å². The van der Waals surface area contributed by atoms with Crippen molar-refractivity contribution >= 4 is 22.9 Å². The van der Waals surface area contributed by atoms with Crippen molar-refractivity contribution in [2.75, 3.05) is 31.3 Å². The molecule has 1 aliphatic heterocycles. The van der Waals surface area contributed by atoms with Gasteiger partial charge in [-0.25, -0.2) is 4.98 Å². The smallest absolute Gasteiger partial charge is 0.400 e. The number of anilines is 2. The minimum Gasteiger partial charge on any atom is -0.400 e. The molecule has 0 amide bonds. The van der Waals surface area contributed by atoms with Gasteiger partial charge in [-0.1, -0.05) is 6.92 Å². The molecule has 1 fully saturated rings. The van der Waals surface area contributed by atoms with Crippen molar-refractivity contribution in [3.8, 4) is 0 Å². The van der Waals surface area contributed by atoms with Gasteiger partial charge in [0.1, 0.15) is 12.8 Å². The van der Waals surface area contributed by atoms with Crippen LogP contribution in [0.15, 0.2) is 6.33 Å². The number of hydrogen-bond acceptors (Lipinski definition) is 8. The largest absolute Gasteiger partial charge is 0.405 e. The number of nitrogen functional groups attached to an aromatic ring is 1. The highest BCUT2D eigenvalue weighted by Gasteiger charge is 2.34. The Morgan fingerprint density at radius 3 is 2.65 bits per heavy atom. The third-order valence-electron chi connectivity index (χ3n) is 3.83. The molecule has 3 rings (SSSR count). The molecule has 0 bridgehead atoms. The third-order valence-corrected chi connectivity index (χ3v) is 3.83. The molecule has 0 aromatic carbocycles. The predicted octanol–water partition coefficient (Wildman–Crippen LogP) is 0.907. The minimum absolute atomic E-state index is 0.0716. The molecule has 146 valence electrons. The fraction of sp³-hybridized carbons (Fsp3) is 0.643. The van der Waals surface area contributed by atoms with Gasteiger partial charge in [0.05, 0.1) is 19.0 Å². The van der Waals surface area contributed by atoms with E-state index < -0.39 is 18.9 Å². The molecule has 26 heavy (non-hydrogen) atoms. The summed E-state index contributed by atoms with van der Waals surface area (Å²) in [5.41, 5.74) is 6.07. The van der Waals surface area contributed by atoms with Crippen molar-refractivity contribution < 1.29 is 28.1 Å². The number of hydrogen-bond donors (Lipinski definition) is 4. The van der Waals surface area contributed by atoms with Gasteiger partial charge in [-0.2, -0.15) is 23.1 Å². The summed E-state index contributed by atoms with van der Waals surface area (Å²) < 4.78 is 44.6. The molecule has 9 nitrogen and oxygen atoms in total. The zero-order chi connectivity index (χ0) is 19.5. The van der Waals surface area contributed by atoms with Crippen LogP contribution >= 0.6 is 0 Å². The summed E-state index contributed by atoms with van der Waals surface area (Å²) in [6.07, 6.45) is -3.05. The molecule has 0 radical (unpaired) electrons. The lowest BCUT2D eigenvalue weighted by Gasteiger charge is -2.17. The van der Waals surface area contributed by atoms with E-state index in [0.717, 1.165) is 7.11 Å². The highest BCUT2D eigenvalue weighted by Crippen LogP contribution is 2.36. The van der Waals surface area contributed by atoms with Crippen LogP contribution < -0.4 is 11.1 Å². The quantitative estimate of drug-likeness (QED) is 0.617. The first-order valence-corrected chi connectivity index (χ1v) is 7.80. The number of fused-ring (bicyclic) bond motifs is 1. The van der Waals surface area contributed by atoms with E-state index >= 15 is 0 Å². The first-order valence-electron chi connectivity index (χ1n) is 7.80. The first-order chi connectivity index (χ1) is 12.3. The molecule has 0 aliphatic carbocycles. The maximum Gasteiger partial charge on any atom is 0.405 e. The number of imidazole rings is 1. The van der Waals surface area contributed by atoms with Crippen molar-refractivity contribution in [1.82, 2.24) is 19.5 Å². The number of nitrogens with zero attached hydrogens (tertiary/aromatic N) is 4. The lowest BCUT2D eigenvalue weighted by Crippen LogP contribution is -2.22. The molecule has 1 saturated heterocycles. The van der Waals surface area contributed by atoms with Crippen LogP contribution in [0.25, 0.3) is 11.2 Å². The molecule has 2 aromatic heterocycles. The van der Waals surface area contributed by atoms with Gasteiger partial charge in [0.25, 0.3) is 0 Å². The normalized spacial score (nSPS) is 23.0. The van der Waals surface area contributed by atoms with Gasteiger partial charge in [-0.15, -0.1) is 0 Å². The molecule has 2 aromatic rings. The highest BCUT2D eigenvalue weighted by atomic mass is 19.4. The Morgan fingerprint density at radius 1 is 1.38 bits per heavy atom. The number of rotatable bonds is 4. The monoisotopic (exact) mass is 378 g/mol. The van der Waals surface area contributed by atoms with Crippen molar-refractivity contribution in [2.45, 2.75) is 31.9 Å². The topological polar surface area (TPSA) is 131 Å². The Kier molecular flexibility index (Phi) is 6.21. The number of aliphatic hydroxyl groups excluding tert-OH is 2. The summed E-state index contributed by atoms with van der Waals surface area (Å²) in [7, 11) is 1.00. The molecule has 3 atom stereocenters. The summed E-state index contributed by atoms with van der Waals surface area (Å²) in [4.78, 5) is 12.0. The van der Waals surface area contributed by atoms with Crippen molar-refractivity contribution in [3.63, 3.8) is 0 Å². The fourth-order valence-corrected chi connectivity index (χ4v) is 2.80. The SMILES string of the molecule is CC1CC(CO)OC1n1cnc2c(NCC(F)(F)F)nc(N)nc21.CO. The zero-order valence-electron chi connectivity index (χ0n) is 14.2. The van der Waals surface area contributed by atoms with Crippen LogP contribution in [0, 0.1) is 5.92 Å². The lowest BCUT2D eigenvalue weighted by atomic mass is 10.1. The van der Waals surface area contributed by atoms with E-state index in [2.05, 4.69) is 20.3 Å². The van der Waals surface area contributed by atoms with Crippen molar-refractivity contribution in [1.29, 1.82) is 0 Å². The van der Waals surface area contributed by atoms with E-state index in [1.807, 2.05) is 6.92 Å². The molecule has 12 heteroatoms. The number of alkyl halides is 3. The second-order valence-corrected chi connectivity index (χ2v) is 5.77. The predicted molar refractivity (Wildman–Crippen MR) is 87.2 cm³/mol. The van der Waals surface area contributed by atoms with E-state index in [1.54, 1.807) is 4.57 Å². The number of aromatic nitrogens is 4. The molecule has 1 aliphatic rings. The van der Waals surface area contributed by atoms with Crippen LogP contribution in [0.1, 0.15) is 19.6 Å². The molecule has 0 spiro atoms. The van der Waals surface area contributed by atoms with E-state index in [4.69, 9.17) is 15.6 Å². The Hall–Kier alpha value is -2.18. The zero-order valence-corrected chi connectivity index (χ0v) is 14.2. The van der Waals surface area contributed by atoms with E-state index in [-0.39, 0.29) is 41.6 Å². The van der Waals surface area contributed by atoms with Crippen LogP contribution in [0.4, 0.5) is 24.9 Å². The summed E-state index contributed by atoms with van der Waals surface area (Å²) >= 11 is 0. The number of nitrogens with one attached hydrogen (secondary N) is 1. The Morgan fingerprint density at radius 2 is 2.08 bits per heavy atom. The Balaban J connectivity index is 0.00000117. The van der Waals surface area contributed by atoms with Crippen LogP contribution in [-0.2, 0) is 4.74 Å². The van der Waals surface area contributed by atoms with Gasteiger partial charge >= 0.3 is 6.18 Å². The van der Waals surface area contributed by atoms with Crippen LogP contribution in [-0.4, -0.2) is 62.3 Å². The summed E-state index contributed by atoms with van der Waals surface area (Å²) in [6, 6.07) is 0. The standard InChI is InChI=1S/C13H17F3N6O2.CH4O/c1-6-2-7(3-23)24-11(6)22-5-19-8-9(18-4-13(14,15)16)20-12(17)21-10(8)22;1-2/h5-7,11,23H,2-4H2,1H3,(H3,17,18,20,21);2H,1H3. The molecular weight excluding hydrogens is 357 g/mol. The van der Waals surface area contributed by atoms with Gasteiger partial charge in [0, 0.05) is 13.0 Å². The summed E-state index contributed by atoms with van der Waals surface area (Å²) in [6.45, 7) is 0.580. The maximum absolute atomic E-state index is 12.4. The van der Waals surface area contributed by atoms with Gasteiger partial charge in [-0.3, -0.25) is 4.57 Å². The fourth-order valence-electron chi connectivity index (χ4n) is 2.80. The second-order valence-electron chi connectivity index (χ2n) is 5.77. The van der Waals surface area contributed by atoms with E-state index in [0.29, 0.717) is 6.42 Å². The lowest BCUT2D eigenvalue weighted by molar-refractivity contribution is -0.115. The molecule has 3 heterocycles. The summed E-state index contributed by atoms with van der Waals surface area (Å²) in [5, 5.41) is 18.4. The number of ether oxygens (including phenoxy) is 1. The average Bonchev–Trinajstić information content (AvgIpc) is 3.16. The van der Waals surface area contributed by atoms with Crippen LogP contribution in [0.5, 0.6) is 0 Å². The second kappa shape index (κ2) is 8.01. The molecular formula is C14H21F3N6O3. The molecule has 3 unspecified atom stereocenters. The van der Waals surface area contributed by atoms with E-state index in [1.165, 1.54) is 6.33 Å². The number of aliphatic hydroxyl groups is 2. The average molecular weight is 378 g/mol. The maximum atomic E-state index is 12.4. The minimum atomic E-state index is -4.40. The van der Waals surface area contributed by atoms with E-state index in [9.17, 15) is 18.3 Å². The Bertz CT molecular complexity index is 739.